The molecule has 10 heteroatoms. The van der Waals surface area contributed by atoms with E-state index in [1.807, 2.05) is 13.8 Å². The van der Waals surface area contributed by atoms with Crippen LogP contribution in [0.1, 0.15) is 40.3 Å². The topological polar surface area (TPSA) is 112 Å². The van der Waals surface area contributed by atoms with Crippen molar-refractivity contribution in [2.24, 2.45) is 0 Å². The Morgan fingerprint density at radius 2 is 1.79 bits per heavy atom. The SMILES string of the molecule is CCN(CC)C(=O)Oc1ccc(C(=O)N2Cc3c([nH]c4cc(Cl)ccc4c3=O)C(=O)N2)cc1. The molecule has 1 aromatic heterocycles. The van der Waals surface area contributed by atoms with Gasteiger partial charge in [-0.3, -0.25) is 19.8 Å². The second-order valence-corrected chi connectivity index (χ2v) is 7.83. The number of pyridine rings is 1. The number of carbonyl (C=O) groups excluding carboxylic acids is 3. The molecule has 9 nitrogen and oxygen atoms in total. The summed E-state index contributed by atoms with van der Waals surface area (Å²) in [4.78, 5) is 55.1. The Morgan fingerprint density at radius 3 is 2.45 bits per heavy atom. The number of amides is 3. The first-order chi connectivity index (χ1) is 15.8. The predicted octanol–water partition coefficient (Wildman–Crippen LogP) is 3.32. The Bertz CT molecular complexity index is 1310. The summed E-state index contributed by atoms with van der Waals surface area (Å²) in [6, 6.07) is 10.7. The lowest BCUT2D eigenvalue weighted by Gasteiger charge is -2.28. The Hall–Kier alpha value is -3.85. The molecule has 0 spiro atoms. The molecule has 0 radical (unpaired) electrons. The summed E-state index contributed by atoms with van der Waals surface area (Å²) >= 11 is 5.99. The van der Waals surface area contributed by atoms with Crippen molar-refractivity contribution in [1.29, 1.82) is 0 Å². The molecule has 1 aliphatic heterocycles. The van der Waals surface area contributed by atoms with Gasteiger partial charge in [0.25, 0.3) is 11.8 Å². The lowest BCUT2D eigenvalue weighted by Crippen LogP contribution is -2.51. The maximum absolute atomic E-state index is 13.0. The Labute approximate surface area is 193 Å². The molecule has 0 saturated carbocycles. The first-order valence-electron chi connectivity index (χ1n) is 10.4. The molecule has 2 heterocycles. The van der Waals surface area contributed by atoms with Crippen molar-refractivity contribution in [3.63, 3.8) is 0 Å². The zero-order chi connectivity index (χ0) is 23.7. The Morgan fingerprint density at radius 1 is 1.09 bits per heavy atom. The van der Waals surface area contributed by atoms with E-state index in [-0.39, 0.29) is 34.5 Å². The molecule has 0 aliphatic carbocycles. The Kier molecular flexibility index (Phi) is 6.06. The van der Waals surface area contributed by atoms with Crippen molar-refractivity contribution in [3.05, 3.63) is 74.5 Å². The molecule has 4 rings (SSSR count). The third-order valence-corrected chi connectivity index (χ3v) is 5.65. The number of H-pyrrole nitrogens is 1. The molecule has 2 aromatic carbocycles. The number of hydrogen-bond donors (Lipinski definition) is 2. The van der Waals surface area contributed by atoms with Crippen molar-refractivity contribution in [1.82, 2.24) is 20.3 Å². The van der Waals surface area contributed by atoms with Crippen LogP contribution in [0.4, 0.5) is 4.79 Å². The number of aromatic amines is 1. The number of aromatic nitrogens is 1. The first-order valence-corrected chi connectivity index (χ1v) is 10.7. The van der Waals surface area contributed by atoms with Gasteiger partial charge in [-0.2, -0.15) is 0 Å². The number of hydrazine groups is 1. The predicted molar refractivity (Wildman–Crippen MR) is 122 cm³/mol. The minimum atomic E-state index is -0.603. The van der Waals surface area contributed by atoms with E-state index in [1.165, 1.54) is 29.2 Å². The zero-order valence-electron chi connectivity index (χ0n) is 18.0. The number of rotatable bonds is 4. The molecule has 2 N–H and O–H groups in total. The standard InChI is InChI=1S/C23H21ClN4O5/c1-3-27(4-2)23(32)33-15-8-5-13(6-9-15)22(31)28-12-17-19(21(30)26-28)25-18-11-14(24)7-10-16(18)20(17)29/h5-11H,3-4,12H2,1-2H3,(H,25,29)(H,26,30). The monoisotopic (exact) mass is 468 g/mol. The van der Waals surface area contributed by atoms with Gasteiger partial charge in [0.1, 0.15) is 11.4 Å². The van der Waals surface area contributed by atoms with Gasteiger partial charge in [0.05, 0.1) is 17.6 Å². The second-order valence-electron chi connectivity index (χ2n) is 7.39. The van der Waals surface area contributed by atoms with Gasteiger partial charge in [0.15, 0.2) is 5.43 Å². The summed E-state index contributed by atoms with van der Waals surface area (Å²) in [5.74, 6) is -0.822. The smallest absolute Gasteiger partial charge is 0.410 e. The van der Waals surface area contributed by atoms with Gasteiger partial charge < -0.3 is 14.6 Å². The number of fused-ring (bicyclic) bond motifs is 2. The number of halogens is 1. The van der Waals surface area contributed by atoms with E-state index in [4.69, 9.17) is 16.3 Å². The van der Waals surface area contributed by atoms with Crippen LogP contribution in [0.25, 0.3) is 10.9 Å². The van der Waals surface area contributed by atoms with Crippen LogP contribution in [0.3, 0.4) is 0 Å². The summed E-state index contributed by atoms with van der Waals surface area (Å²) in [6.07, 6.45) is -0.480. The number of ether oxygens (including phenoxy) is 1. The van der Waals surface area contributed by atoms with Crippen molar-refractivity contribution in [2.75, 3.05) is 13.1 Å². The number of benzene rings is 2. The van der Waals surface area contributed by atoms with Crippen molar-refractivity contribution < 1.29 is 19.1 Å². The third kappa shape index (κ3) is 4.27. The van der Waals surface area contributed by atoms with E-state index in [0.717, 1.165) is 5.01 Å². The van der Waals surface area contributed by atoms with E-state index in [0.29, 0.717) is 29.0 Å². The highest BCUT2D eigenvalue weighted by atomic mass is 35.5. The summed E-state index contributed by atoms with van der Waals surface area (Å²) in [7, 11) is 0. The average Bonchev–Trinajstić information content (AvgIpc) is 2.80. The van der Waals surface area contributed by atoms with Crippen LogP contribution in [0, 0.1) is 0 Å². The fourth-order valence-corrected chi connectivity index (χ4v) is 3.79. The fourth-order valence-electron chi connectivity index (χ4n) is 3.62. The number of nitrogens with one attached hydrogen (secondary N) is 2. The fraction of sp³-hybridized carbons (Fsp3) is 0.217. The van der Waals surface area contributed by atoms with Crippen LogP contribution >= 0.6 is 11.6 Å². The van der Waals surface area contributed by atoms with Crippen LogP contribution in [-0.2, 0) is 6.54 Å². The largest absolute Gasteiger partial charge is 0.415 e. The molecular weight excluding hydrogens is 448 g/mol. The molecule has 0 unspecified atom stereocenters. The van der Waals surface area contributed by atoms with E-state index in [1.54, 1.807) is 18.2 Å². The first kappa shape index (κ1) is 22.3. The van der Waals surface area contributed by atoms with Crippen molar-refractivity contribution >= 4 is 40.4 Å². The number of nitrogens with zero attached hydrogens (tertiary/aromatic N) is 2. The molecule has 3 amide bonds. The summed E-state index contributed by atoms with van der Waals surface area (Å²) in [6.45, 7) is 4.63. The number of carbonyl (C=O) groups is 3. The highest BCUT2D eigenvalue weighted by Crippen LogP contribution is 2.21. The second kappa shape index (κ2) is 8.95. The zero-order valence-corrected chi connectivity index (χ0v) is 18.7. The molecule has 3 aromatic rings. The molecule has 0 saturated heterocycles. The van der Waals surface area contributed by atoms with Crippen LogP contribution in [0.5, 0.6) is 5.75 Å². The quantitative estimate of drug-likeness (QED) is 0.610. The minimum absolute atomic E-state index is 0.0949. The highest BCUT2D eigenvalue weighted by molar-refractivity contribution is 6.31. The summed E-state index contributed by atoms with van der Waals surface area (Å²) in [5.41, 5.74) is 3.14. The van der Waals surface area contributed by atoms with Gasteiger partial charge in [-0.25, -0.2) is 9.80 Å². The maximum atomic E-state index is 13.0. The average molecular weight is 469 g/mol. The van der Waals surface area contributed by atoms with Crippen molar-refractivity contribution in [2.45, 2.75) is 20.4 Å². The molecular formula is C23H21ClN4O5. The summed E-state index contributed by atoms with van der Waals surface area (Å²) in [5, 5.41) is 1.88. The lowest BCUT2D eigenvalue weighted by molar-refractivity contribution is 0.0535. The van der Waals surface area contributed by atoms with E-state index in [9.17, 15) is 19.2 Å². The Balaban J connectivity index is 1.56. The van der Waals surface area contributed by atoms with Crippen LogP contribution in [0.15, 0.2) is 47.3 Å². The molecule has 0 bridgehead atoms. The summed E-state index contributed by atoms with van der Waals surface area (Å²) < 4.78 is 5.30. The van der Waals surface area contributed by atoms with Crippen LogP contribution in [0.2, 0.25) is 5.02 Å². The third-order valence-electron chi connectivity index (χ3n) is 5.41. The van der Waals surface area contributed by atoms with Gasteiger partial charge in [-0.05, 0) is 56.3 Å². The molecule has 170 valence electrons. The van der Waals surface area contributed by atoms with E-state index in [2.05, 4.69) is 10.4 Å². The van der Waals surface area contributed by atoms with Gasteiger partial charge in [-0.1, -0.05) is 11.6 Å². The molecule has 1 aliphatic rings. The molecule has 0 atom stereocenters. The van der Waals surface area contributed by atoms with Crippen LogP contribution in [-0.4, -0.2) is 45.9 Å². The van der Waals surface area contributed by atoms with Gasteiger partial charge in [0, 0.05) is 29.1 Å². The van der Waals surface area contributed by atoms with Gasteiger partial charge >= 0.3 is 6.09 Å². The minimum Gasteiger partial charge on any atom is -0.410 e. The normalized spacial score (nSPS) is 12.8. The molecule has 33 heavy (non-hydrogen) atoms. The van der Waals surface area contributed by atoms with Crippen LogP contribution < -0.4 is 15.6 Å². The van der Waals surface area contributed by atoms with Gasteiger partial charge in [-0.15, -0.1) is 0 Å². The molecule has 0 fully saturated rings. The van der Waals surface area contributed by atoms with Crippen molar-refractivity contribution in [3.8, 4) is 5.75 Å². The lowest BCUT2D eigenvalue weighted by atomic mass is 10.1. The maximum Gasteiger partial charge on any atom is 0.415 e. The highest BCUT2D eigenvalue weighted by Gasteiger charge is 2.30. The van der Waals surface area contributed by atoms with E-state index >= 15 is 0 Å². The number of hydrogen-bond acceptors (Lipinski definition) is 5. The van der Waals surface area contributed by atoms with E-state index < -0.39 is 17.9 Å². The van der Waals surface area contributed by atoms with Gasteiger partial charge in [0.2, 0.25) is 0 Å².